The van der Waals surface area contributed by atoms with Gasteiger partial charge in [0.15, 0.2) is 53.0 Å². The molecule has 0 bridgehead atoms. The lowest BCUT2D eigenvalue weighted by Crippen LogP contribution is -2.43. The van der Waals surface area contributed by atoms with E-state index in [1.807, 2.05) is 36.4 Å². The zero-order valence-electron chi connectivity index (χ0n) is 19.2. The van der Waals surface area contributed by atoms with Crippen molar-refractivity contribution in [1.29, 1.82) is 0 Å². The Labute approximate surface area is 198 Å². The number of para-hydroxylation sites is 6. The Bertz CT molecular complexity index is 1070. The third-order valence-electron chi connectivity index (χ3n) is 5.42. The first-order valence-corrected chi connectivity index (χ1v) is 10.8. The van der Waals surface area contributed by atoms with Gasteiger partial charge in [-0.2, -0.15) is 0 Å². The van der Waals surface area contributed by atoms with Gasteiger partial charge >= 0.3 is 0 Å². The van der Waals surface area contributed by atoms with Gasteiger partial charge in [-0.15, -0.1) is 0 Å². The highest BCUT2D eigenvalue weighted by molar-refractivity contribution is 5.41. The van der Waals surface area contributed by atoms with E-state index in [4.69, 9.17) is 33.2 Å². The molecule has 4 atom stereocenters. The monoisotopic (exact) mass is 468 g/mol. The molecule has 1 unspecified atom stereocenters. The highest BCUT2D eigenvalue weighted by Crippen LogP contribution is 2.36. The van der Waals surface area contributed by atoms with E-state index in [-0.39, 0.29) is 6.61 Å². The summed E-state index contributed by atoms with van der Waals surface area (Å²) in [7, 11) is 4.69. The quantitative estimate of drug-likeness (QED) is 0.482. The van der Waals surface area contributed by atoms with Gasteiger partial charge in [-0.05, 0) is 36.4 Å². The van der Waals surface area contributed by atoms with Gasteiger partial charge in [0.25, 0.3) is 0 Å². The van der Waals surface area contributed by atoms with Gasteiger partial charge in [0.05, 0.1) is 21.3 Å². The van der Waals surface area contributed by atoms with Crippen LogP contribution in [0.5, 0.6) is 34.5 Å². The molecule has 1 heterocycles. The fraction of sp³-hybridized carbons (Fsp3) is 0.308. The van der Waals surface area contributed by atoms with Crippen LogP contribution in [-0.2, 0) is 4.74 Å². The van der Waals surface area contributed by atoms with Gasteiger partial charge in [-0.25, -0.2) is 0 Å². The lowest BCUT2D eigenvalue weighted by Gasteiger charge is -2.26. The first-order valence-electron chi connectivity index (χ1n) is 10.8. The smallest absolute Gasteiger partial charge is 0.196 e. The molecule has 3 aromatic rings. The van der Waals surface area contributed by atoms with Crippen LogP contribution in [0.1, 0.15) is 0 Å². The second-order valence-electron chi connectivity index (χ2n) is 7.49. The molecule has 8 nitrogen and oxygen atoms in total. The highest BCUT2D eigenvalue weighted by atomic mass is 16.7. The summed E-state index contributed by atoms with van der Waals surface area (Å²) in [5.74, 6) is 3.16. The number of hydrogen-bond acceptors (Lipinski definition) is 8. The maximum atomic E-state index is 10.8. The predicted molar refractivity (Wildman–Crippen MR) is 124 cm³/mol. The van der Waals surface area contributed by atoms with Crippen LogP contribution in [0.3, 0.4) is 0 Å². The van der Waals surface area contributed by atoms with Crippen molar-refractivity contribution < 1.29 is 38.3 Å². The lowest BCUT2D eigenvalue weighted by molar-refractivity contribution is -0.126. The minimum atomic E-state index is -1.27. The van der Waals surface area contributed by atoms with E-state index in [0.717, 1.165) is 0 Å². The van der Waals surface area contributed by atoms with Crippen molar-refractivity contribution in [2.75, 3.05) is 27.9 Å². The van der Waals surface area contributed by atoms with Crippen molar-refractivity contribution in [1.82, 2.24) is 0 Å². The van der Waals surface area contributed by atoms with Gasteiger partial charge in [0.2, 0.25) is 0 Å². The molecular weight excluding hydrogens is 440 g/mol. The highest BCUT2D eigenvalue weighted by Gasteiger charge is 2.48. The Balaban J connectivity index is 1.60. The summed E-state index contributed by atoms with van der Waals surface area (Å²) in [6.07, 6.45) is -3.53. The van der Waals surface area contributed by atoms with Crippen molar-refractivity contribution in [3.63, 3.8) is 0 Å². The average molecular weight is 469 g/mol. The predicted octanol–water partition coefficient (Wildman–Crippen LogP) is 3.70. The minimum absolute atomic E-state index is 0.0863. The van der Waals surface area contributed by atoms with Gasteiger partial charge < -0.3 is 38.3 Å². The Kier molecular flexibility index (Phi) is 7.61. The molecule has 180 valence electrons. The number of benzene rings is 3. The number of hydrogen-bond donors (Lipinski definition) is 1. The zero-order valence-corrected chi connectivity index (χ0v) is 19.2. The molecule has 8 heteroatoms. The van der Waals surface area contributed by atoms with Crippen LogP contribution in [0.25, 0.3) is 0 Å². The largest absolute Gasteiger partial charge is 0.493 e. The summed E-state index contributed by atoms with van der Waals surface area (Å²) in [5, 5.41) is 10.8. The van der Waals surface area contributed by atoms with E-state index in [0.29, 0.717) is 34.5 Å². The molecule has 1 fully saturated rings. The first-order chi connectivity index (χ1) is 16.6. The van der Waals surface area contributed by atoms with E-state index < -0.39 is 24.6 Å². The number of ether oxygens (including phenoxy) is 7. The SMILES string of the molecule is COc1ccccc1OC[C@H]1OC(O)[C@H](Oc2ccccc2OC)[C@@H]1Oc1ccccc1OC. The number of rotatable bonds is 10. The molecule has 0 spiro atoms. The van der Waals surface area contributed by atoms with Crippen molar-refractivity contribution in [2.24, 2.45) is 0 Å². The van der Waals surface area contributed by atoms with Gasteiger partial charge in [0, 0.05) is 0 Å². The molecule has 0 radical (unpaired) electrons. The van der Waals surface area contributed by atoms with Crippen LogP contribution in [0.2, 0.25) is 0 Å². The summed E-state index contributed by atoms with van der Waals surface area (Å²) in [6.45, 7) is 0.0863. The second kappa shape index (κ2) is 11.0. The molecule has 0 amide bonds. The molecule has 1 aliphatic heterocycles. The van der Waals surface area contributed by atoms with Gasteiger partial charge in [-0.3, -0.25) is 0 Å². The fourth-order valence-corrected chi connectivity index (χ4v) is 3.75. The summed E-state index contributed by atoms with van der Waals surface area (Å²) >= 11 is 0. The molecule has 3 aromatic carbocycles. The molecule has 4 rings (SSSR count). The summed E-state index contributed by atoms with van der Waals surface area (Å²) in [6, 6.07) is 21.7. The van der Waals surface area contributed by atoms with Crippen LogP contribution in [0.15, 0.2) is 72.8 Å². The summed E-state index contributed by atoms with van der Waals surface area (Å²) < 4.78 is 40.4. The standard InChI is InChI=1S/C26H28O8/c1-28-17-10-4-7-13-20(17)31-16-23-24(32-21-14-8-5-11-18(21)29-2)25(26(27)34-23)33-22-15-9-6-12-19(22)30-3/h4-15,23-27H,16H2,1-3H3/t23-,24-,25-,26?/m1/s1. The molecule has 1 saturated heterocycles. The Morgan fingerprint density at radius 2 is 1.03 bits per heavy atom. The Morgan fingerprint density at radius 1 is 0.618 bits per heavy atom. The molecular formula is C26H28O8. The normalized spacial score (nSPS) is 21.5. The Hall–Kier alpha value is -3.62. The van der Waals surface area contributed by atoms with E-state index >= 15 is 0 Å². The van der Waals surface area contributed by atoms with Crippen LogP contribution < -0.4 is 28.4 Å². The topological polar surface area (TPSA) is 84.8 Å². The molecule has 0 aromatic heterocycles. The van der Waals surface area contributed by atoms with E-state index in [1.165, 1.54) is 0 Å². The second-order valence-corrected chi connectivity index (χ2v) is 7.49. The minimum Gasteiger partial charge on any atom is -0.493 e. The van der Waals surface area contributed by atoms with Crippen molar-refractivity contribution >= 4 is 0 Å². The van der Waals surface area contributed by atoms with Crippen molar-refractivity contribution in [2.45, 2.75) is 24.6 Å². The maximum absolute atomic E-state index is 10.8. The Morgan fingerprint density at radius 3 is 1.53 bits per heavy atom. The number of methoxy groups -OCH3 is 3. The van der Waals surface area contributed by atoms with Crippen LogP contribution in [0, 0.1) is 0 Å². The zero-order chi connectivity index (χ0) is 23.9. The fourth-order valence-electron chi connectivity index (χ4n) is 3.75. The van der Waals surface area contributed by atoms with Crippen LogP contribution in [-0.4, -0.2) is 57.6 Å². The molecule has 34 heavy (non-hydrogen) atoms. The maximum Gasteiger partial charge on any atom is 0.196 e. The number of aliphatic hydroxyl groups is 1. The van der Waals surface area contributed by atoms with Crippen LogP contribution in [0.4, 0.5) is 0 Å². The third-order valence-corrected chi connectivity index (χ3v) is 5.42. The molecule has 0 saturated carbocycles. The lowest BCUT2D eigenvalue weighted by atomic mass is 10.1. The van der Waals surface area contributed by atoms with E-state index in [2.05, 4.69) is 0 Å². The third kappa shape index (κ3) is 5.13. The summed E-state index contributed by atoms with van der Waals surface area (Å²) in [4.78, 5) is 0. The van der Waals surface area contributed by atoms with E-state index in [9.17, 15) is 5.11 Å². The van der Waals surface area contributed by atoms with Gasteiger partial charge in [0.1, 0.15) is 12.7 Å². The molecule has 0 aliphatic carbocycles. The van der Waals surface area contributed by atoms with Gasteiger partial charge in [-0.1, -0.05) is 36.4 Å². The summed E-state index contributed by atoms with van der Waals surface area (Å²) in [5.41, 5.74) is 0. The first kappa shape index (κ1) is 23.5. The van der Waals surface area contributed by atoms with Crippen LogP contribution >= 0.6 is 0 Å². The van der Waals surface area contributed by atoms with Crippen molar-refractivity contribution in [3.05, 3.63) is 72.8 Å². The van der Waals surface area contributed by atoms with E-state index in [1.54, 1.807) is 57.7 Å². The molecule has 1 N–H and O–H groups in total. The van der Waals surface area contributed by atoms with Crippen molar-refractivity contribution in [3.8, 4) is 34.5 Å². The molecule has 1 aliphatic rings. The number of aliphatic hydroxyl groups excluding tert-OH is 1. The average Bonchev–Trinajstić information content (AvgIpc) is 3.17.